The summed E-state index contributed by atoms with van der Waals surface area (Å²) in [6.07, 6.45) is 14.1. The summed E-state index contributed by atoms with van der Waals surface area (Å²) in [7, 11) is 2.43. The molecule has 2 rings (SSSR count). The lowest BCUT2D eigenvalue weighted by Gasteiger charge is -2.37. The van der Waals surface area contributed by atoms with Gasteiger partial charge in [0.05, 0.1) is 26.7 Å². The fraction of sp³-hybridized carbons (Fsp3) is 1.00. The van der Waals surface area contributed by atoms with Gasteiger partial charge >= 0.3 is 0 Å². The molecule has 2 nitrogen and oxygen atoms in total. The van der Waals surface area contributed by atoms with Gasteiger partial charge in [-0.2, -0.15) is 0 Å². The largest absolute Gasteiger partial charge is 0.326 e. The van der Waals surface area contributed by atoms with Gasteiger partial charge in [-0.15, -0.1) is 0 Å². The van der Waals surface area contributed by atoms with Crippen molar-refractivity contribution in [3.8, 4) is 0 Å². The molecule has 2 aliphatic rings. The predicted molar refractivity (Wildman–Crippen MR) is 109 cm³/mol. The molecular weight excluding hydrogens is 292 g/mol. The zero-order valence-corrected chi connectivity index (χ0v) is 17.7. The lowest BCUT2D eigenvalue weighted by molar-refractivity contribution is -0.914. The number of nitrogens with zero attached hydrogens (tertiary/aromatic N) is 2. The number of rotatable bonds is 7. The van der Waals surface area contributed by atoms with Crippen molar-refractivity contribution in [2.75, 3.05) is 46.3 Å². The van der Waals surface area contributed by atoms with Gasteiger partial charge in [-0.1, -0.05) is 47.0 Å². The summed E-state index contributed by atoms with van der Waals surface area (Å²) < 4.78 is 1.36. The van der Waals surface area contributed by atoms with Crippen molar-refractivity contribution in [3.63, 3.8) is 0 Å². The highest BCUT2D eigenvalue weighted by Gasteiger charge is 2.24. The number of likely N-dealkylation sites (tertiary alicyclic amines) is 2. The summed E-state index contributed by atoms with van der Waals surface area (Å²) >= 11 is 0. The first-order valence-electron chi connectivity index (χ1n) is 11.0. The Bertz CT molecular complexity index is 295. The van der Waals surface area contributed by atoms with Crippen molar-refractivity contribution in [3.05, 3.63) is 0 Å². The van der Waals surface area contributed by atoms with Crippen LogP contribution in [0.4, 0.5) is 0 Å². The van der Waals surface area contributed by atoms with Crippen LogP contribution in [0.1, 0.15) is 91.9 Å². The molecule has 0 aromatic rings. The fourth-order valence-electron chi connectivity index (χ4n) is 4.01. The summed E-state index contributed by atoms with van der Waals surface area (Å²) in [6.45, 7) is 17.6. The first kappa shape index (κ1) is 22.0. The van der Waals surface area contributed by atoms with E-state index in [1.807, 2.05) is 0 Å². The Morgan fingerprint density at radius 1 is 0.833 bits per heavy atom. The molecule has 0 spiro atoms. The van der Waals surface area contributed by atoms with Crippen LogP contribution < -0.4 is 0 Å². The van der Waals surface area contributed by atoms with E-state index in [9.17, 15) is 0 Å². The molecule has 2 aliphatic heterocycles. The van der Waals surface area contributed by atoms with Crippen molar-refractivity contribution < 1.29 is 4.48 Å². The first-order valence-corrected chi connectivity index (χ1v) is 11.0. The van der Waals surface area contributed by atoms with Crippen LogP contribution in [-0.2, 0) is 0 Å². The Hall–Kier alpha value is -0.0800. The lowest BCUT2D eigenvalue weighted by atomic mass is 9.82. The molecule has 0 bridgehead atoms. The molecule has 144 valence electrons. The van der Waals surface area contributed by atoms with E-state index in [1.54, 1.807) is 0 Å². The van der Waals surface area contributed by atoms with Gasteiger partial charge in [0.1, 0.15) is 0 Å². The van der Waals surface area contributed by atoms with Crippen molar-refractivity contribution in [2.45, 2.75) is 91.9 Å². The van der Waals surface area contributed by atoms with Crippen molar-refractivity contribution >= 4 is 0 Å². The van der Waals surface area contributed by atoms with E-state index < -0.39 is 0 Å². The molecule has 0 aromatic carbocycles. The minimum atomic E-state index is 0.612. The number of hydrogen-bond acceptors (Lipinski definition) is 1. The maximum Gasteiger partial charge on any atom is 0.0784 e. The summed E-state index contributed by atoms with van der Waals surface area (Å²) in [5.41, 5.74) is 0.612. The normalized spacial score (nSPS) is 23.4. The first-order chi connectivity index (χ1) is 11.4. The average Bonchev–Trinajstić information content (AvgIpc) is 2.56. The number of quaternary nitrogens is 1. The smallest absolute Gasteiger partial charge is 0.0784 e. The van der Waals surface area contributed by atoms with Crippen LogP contribution in [0.2, 0.25) is 0 Å². The van der Waals surface area contributed by atoms with Crippen LogP contribution in [0.25, 0.3) is 0 Å². The Kier molecular flexibility index (Phi) is 10.5. The third-order valence-corrected chi connectivity index (χ3v) is 6.23. The zero-order valence-electron chi connectivity index (χ0n) is 17.7. The monoisotopic (exact) mass is 339 g/mol. The third-order valence-electron chi connectivity index (χ3n) is 6.23. The molecule has 2 heteroatoms. The molecular formula is C22H47N2+. The Morgan fingerprint density at radius 3 is 1.96 bits per heavy atom. The standard InChI is InChI=1S/C12H25N.C10H22N/c1-4-5-6-9-13-10-7-12(2,3)8-11-13;1-3-4-8-11(2)9-6-5-7-10-11/h4-11H2,1-3H3;3-10H2,1-2H3/q;+1. The van der Waals surface area contributed by atoms with Crippen LogP contribution in [0.5, 0.6) is 0 Å². The zero-order chi connectivity index (χ0) is 17.9. The van der Waals surface area contributed by atoms with Gasteiger partial charge in [-0.05, 0) is 70.0 Å². The molecule has 0 amide bonds. The van der Waals surface area contributed by atoms with E-state index in [4.69, 9.17) is 0 Å². The molecule has 24 heavy (non-hydrogen) atoms. The Labute approximate surface area is 153 Å². The summed E-state index contributed by atoms with van der Waals surface area (Å²) in [4.78, 5) is 2.64. The molecule has 0 unspecified atom stereocenters. The molecule has 2 saturated heterocycles. The number of unbranched alkanes of at least 4 members (excludes halogenated alkanes) is 3. The molecule has 2 fully saturated rings. The minimum Gasteiger partial charge on any atom is -0.326 e. The average molecular weight is 340 g/mol. The topological polar surface area (TPSA) is 3.24 Å². The maximum absolute atomic E-state index is 2.64. The summed E-state index contributed by atoms with van der Waals surface area (Å²) in [5, 5.41) is 0. The highest BCUT2D eigenvalue weighted by Crippen LogP contribution is 2.29. The second-order valence-corrected chi connectivity index (χ2v) is 9.42. The SMILES string of the molecule is CCCCCN1CCC(C)(C)CC1.CCCC[N+]1(C)CCCCC1. The molecule has 0 radical (unpaired) electrons. The van der Waals surface area contributed by atoms with Gasteiger partial charge < -0.3 is 9.38 Å². The van der Waals surface area contributed by atoms with Crippen molar-refractivity contribution in [1.82, 2.24) is 4.90 Å². The fourth-order valence-corrected chi connectivity index (χ4v) is 4.01. The lowest BCUT2D eigenvalue weighted by Crippen LogP contribution is -2.48. The molecule has 0 N–H and O–H groups in total. The highest BCUT2D eigenvalue weighted by atomic mass is 15.3. The van der Waals surface area contributed by atoms with Gasteiger partial charge in [-0.3, -0.25) is 0 Å². The van der Waals surface area contributed by atoms with Crippen molar-refractivity contribution in [1.29, 1.82) is 0 Å². The maximum atomic E-state index is 2.64. The van der Waals surface area contributed by atoms with Crippen molar-refractivity contribution in [2.24, 2.45) is 5.41 Å². The molecule has 2 heterocycles. The summed E-state index contributed by atoms with van der Waals surface area (Å²) in [6, 6.07) is 0. The van der Waals surface area contributed by atoms with Crippen LogP contribution in [0.15, 0.2) is 0 Å². The van der Waals surface area contributed by atoms with E-state index in [0.717, 1.165) is 0 Å². The number of hydrogen-bond donors (Lipinski definition) is 0. The van der Waals surface area contributed by atoms with Gasteiger partial charge in [0.15, 0.2) is 0 Å². The van der Waals surface area contributed by atoms with Crippen LogP contribution in [0.3, 0.4) is 0 Å². The molecule has 0 saturated carbocycles. The van der Waals surface area contributed by atoms with E-state index in [-0.39, 0.29) is 0 Å². The van der Waals surface area contributed by atoms with Crippen LogP contribution in [-0.4, -0.2) is 55.7 Å². The highest BCUT2D eigenvalue weighted by molar-refractivity contribution is 4.78. The quantitative estimate of drug-likeness (QED) is 0.424. The third kappa shape index (κ3) is 9.42. The van der Waals surface area contributed by atoms with Gasteiger partial charge in [-0.25, -0.2) is 0 Å². The van der Waals surface area contributed by atoms with Gasteiger partial charge in [0.25, 0.3) is 0 Å². The molecule has 0 atom stereocenters. The summed E-state index contributed by atoms with van der Waals surface area (Å²) in [5.74, 6) is 0. The molecule has 0 aliphatic carbocycles. The Morgan fingerprint density at radius 2 is 1.42 bits per heavy atom. The van der Waals surface area contributed by atoms with Gasteiger partial charge in [0.2, 0.25) is 0 Å². The van der Waals surface area contributed by atoms with E-state index in [2.05, 4.69) is 39.6 Å². The second-order valence-electron chi connectivity index (χ2n) is 9.42. The molecule has 0 aromatic heterocycles. The minimum absolute atomic E-state index is 0.612. The van der Waals surface area contributed by atoms with E-state index in [1.165, 1.54) is 108 Å². The van der Waals surface area contributed by atoms with E-state index >= 15 is 0 Å². The predicted octanol–water partition coefficient (Wildman–Crippen LogP) is 5.72. The Balaban J connectivity index is 0.000000243. The number of piperidine rings is 2. The van der Waals surface area contributed by atoms with E-state index in [0.29, 0.717) is 5.41 Å². The van der Waals surface area contributed by atoms with Gasteiger partial charge in [0, 0.05) is 0 Å². The second kappa shape index (κ2) is 11.5. The van der Waals surface area contributed by atoms with Crippen LogP contribution >= 0.6 is 0 Å². The van der Waals surface area contributed by atoms with Crippen LogP contribution in [0, 0.1) is 5.41 Å².